The van der Waals surface area contributed by atoms with E-state index in [1.807, 2.05) is 37.0 Å². The first-order valence-corrected chi connectivity index (χ1v) is 8.98. The summed E-state index contributed by atoms with van der Waals surface area (Å²) >= 11 is 1.90. The number of hydrogen-bond acceptors (Lipinski definition) is 3. The van der Waals surface area contributed by atoms with Gasteiger partial charge in [0.2, 0.25) is 0 Å². The molecule has 0 fully saturated rings. The minimum absolute atomic E-state index is 0.902. The lowest BCUT2D eigenvalue weighted by atomic mass is 10.3. The molecule has 0 saturated heterocycles. The van der Waals surface area contributed by atoms with Gasteiger partial charge in [-0.1, -0.05) is 18.2 Å². The molecular formula is C16H28N4S. The van der Waals surface area contributed by atoms with Crippen molar-refractivity contribution in [1.29, 1.82) is 0 Å². The van der Waals surface area contributed by atoms with Crippen molar-refractivity contribution in [2.24, 2.45) is 4.99 Å². The normalized spacial score (nSPS) is 11.2. The van der Waals surface area contributed by atoms with Gasteiger partial charge in [0, 0.05) is 32.4 Å². The highest BCUT2D eigenvalue weighted by atomic mass is 32.2. The molecule has 0 unspecified atom stereocenters. The zero-order valence-electron chi connectivity index (χ0n) is 13.2. The fourth-order valence-corrected chi connectivity index (χ4v) is 2.38. The van der Waals surface area contributed by atoms with Crippen molar-refractivity contribution in [1.82, 2.24) is 10.6 Å². The Morgan fingerprint density at radius 3 is 2.38 bits per heavy atom. The second kappa shape index (κ2) is 12.4. The number of nitrogens with one attached hydrogen (secondary N) is 3. The van der Waals surface area contributed by atoms with E-state index >= 15 is 0 Å². The van der Waals surface area contributed by atoms with Crippen LogP contribution in [0.25, 0.3) is 0 Å². The third-order valence-electron chi connectivity index (χ3n) is 3.04. The van der Waals surface area contributed by atoms with Gasteiger partial charge in [0.05, 0.1) is 0 Å². The van der Waals surface area contributed by atoms with Gasteiger partial charge in [-0.15, -0.1) is 0 Å². The number of anilines is 1. The van der Waals surface area contributed by atoms with E-state index in [4.69, 9.17) is 0 Å². The fraction of sp³-hybridized carbons (Fsp3) is 0.562. The average Bonchev–Trinajstić information content (AvgIpc) is 2.53. The summed E-state index contributed by atoms with van der Waals surface area (Å²) in [5, 5.41) is 10.1. The molecule has 0 atom stereocenters. The first-order chi connectivity index (χ1) is 10.4. The van der Waals surface area contributed by atoms with Crippen LogP contribution in [0, 0.1) is 0 Å². The molecule has 4 nitrogen and oxygen atoms in total. The highest BCUT2D eigenvalue weighted by molar-refractivity contribution is 7.98. The van der Waals surface area contributed by atoms with Crippen LogP contribution >= 0.6 is 11.8 Å². The van der Waals surface area contributed by atoms with E-state index in [-0.39, 0.29) is 0 Å². The van der Waals surface area contributed by atoms with Crippen molar-refractivity contribution < 1.29 is 0 Å². The summed E-state index contributed by atoms with van der Waals surface area (Å²) in [5.74, 6) is 2.14. The Kier molecular flexibility index (Phi) is 10.4. The molecule has 21 heavy (non-hydrogen) atoms. The quantitative estimate of drug-likeness (QED) is 0.353. The number of benzene rings is 1. The van der Waals surface area contributed by atoms with E-state index in [1.165, 1.54) is 24.3 Å². The lowest BCUT2D eigenvalue weighted by molar-refractivity contribution is 0.721. The SMILES string of the molecule is CN=C(NCCCCSC)NCCCNc1ccccc1. The molecular weight excluding hydrogens is 280 g/mol. The predicted molar refractivity (Wildman–Crippen MR) is 96.5 cm³/mol. The number of hydrogen-bond donors (Lipinski definition) is 3. The molecule has 1 rings (SSSR count). The Morgan fingerprint density at radius 2 is 1.71 bits per heavy atom. The highest BCUT2D eigenvalue weighted by Crippen LogP contribution is 2.04. The van der Waals surface area contributed by atoms with Crippen LogP contribution in [0.2, 0.25) is 0 Å². The molecule has 0 aliphatic heterocycles. The predicted octanol–water partition coefficient (Wildman–Crippen LogP) is 2.80. The smallest absolute Gasteiger partial charge is 0.190 e. The molecule has 0 aliphatic rings. The molecule has 5 heteroatoms. The van der Waals surface area contributed by atoms with Crippen LogP contribution in [0.15, 0.2) is 35.3 Å². The number of rotatable bonds is 10. The molecule has 0 spiro atoms. The van der Waals surface area contributed by atoms with Gasteiger partial charge in [-0.3, -0.25) is 4.99 Å². The van der Waals surface area contributed by atoms with E-state index in [2.05, 4.69) is 39.3 Å². The Hall–Kier alpha value is -1.36. The maximum absolute atomic E-state index is 4.23. The van der Waals surface area contributed by atoms with Gasteiger partial charge in [-0.25, -0.2) is 0 Å². The van der Waals surface area contributed by atoms with Crippen LogP contribution in [0.3, 0.4) is 0 Å². The molecule has 0 radical (unpaired) electrons. The highest BCUT2D eigenvalue weighted by Gasteiger charge is 1.96. The number of guanidine groups is 1. The number of thioether (sulfide) groups is 1. The molecule has 1 aromatic carbocycles. The first kappa shape index (κ1) is 17.7. The summed E-state index contributed by atoms with van der Waals surface area (Å²) in [4.78, 5) is 4.23. The molecule has 0 aromatic heterocycles. The van der Waals surface area contributed by atoms with Crippen molar-refractivity contribution in [3.63, 3.8) is 0 Å². The Bertz CT molecular complexity index is 381. The minimum Gasteiger partial charge on any atom is -0.385 e. The fourth-order valence-electron chi connectivity index (χ4n) is 1.88. The van der Waals surface area contributed by atoms with Crippen LogP contribution in [-0.4, -0.2) is 44.7 Å². The van der Waals surface area contributed by atoms with E-state index in [9.17, 15) is 0 Å². The monoisotopic (exact) mass is 308 g/mol. The molecule has 118 valence electrons. The summed E-state index contributed by atoms with van der Waals surface area (Å²) < 4.78 is 0. The number of unbranched alkanes of at least 4 members (excludes halogenated alkanes) is 1. The largest absolute Gasteiger partial charge is 0.385 e. The lowest BCUT2D eigenvalue weighted by Crippen LogP contribution is -2.38. The Labute approximate surface area is 133 Å². The molecule has 0 aliphatic carbocycles. The van der Waals surface area contributed by atoms with E-state index < -0.39 is 0 Å². The second-order valence-corrected chi connectivity index (χ2v) is 5.76. The van der Waals surface area contributed by atoms with E-state index in [1.54, 1.807) is 0 Å². The van der Waals surface area contributed by atoms with Crippen LogP contribution in [0.4, 0.5) is 5.69 Å². The lowest BCUT2D eigenvalue weighted by Gasteiger charge is -2.12. The Balaban J connectivity index is 2.02. The average molecular weight is 308 g/mol. The van der Waals surface area contributed by atoms with Crippen LogP contribution in [-0.2, 0) is 0 Å². The summed E-state index contributed by atoms with van der Waals surface area (Å²) in [6.07, 6.45) is 5.66. The summed E-state index contributed by atoms with van der Waals surface area (Å²) in [7, 11) is 1.82. The van der Waals surface area contributed by atoms with Gasteiger partial charge in [-0.2, -0.15) is 11.8 Å². The third-order valence-corrected chi connectivity index (χ3v) is 3.74. The van der Waals surface area contributed by atoms with Crippen molar-refractivity contribution >= 4 is 23.4 Å². The Morgan fingerprint density at radius 1 is 1.00 bits per heavy atom. The summed E-state index contributed by atoms with van der Waals surface area (Å²) in [5.41, 5.74) is 1.17. The maximum atomic E-state index is 4.23. The minimum atomic E-state index is 0.902. The number of aliphatic imine (C=N–C) groups is 1. The third kappa shape index (κ3) is 9.24. The zero-order valence-corrected chi connectivity index (χ0v) is 14.0. The summed E-state index contributed by atoms with van der Waals surface area (Å²) in [6.45, 7) is 2.87. The molecule has 1 aromatic rings. The molecule has 0 saturated carbocycles. The topological polar surface area (TPSA) is 48.5 Å². The first-order valence-electron chi connectivity index (χ1n) is 7.59. The second-order valence-electron chi connectivity index (χ2n) is 4.77. The summed E-state index contributed by atoms with van der Waals surface area (Å²) in [6, 6.07) is 10.3. The van der Waals surface area contributed by atoms with Crippen molar-refractivity contribution in [2.45, 2.75) is 19.3 Å². The van der Waals surface area contributed by atoms with Gasteiger partial charge in [0.1, 0.15) is 0 Å². The number of para-hydroxylation sites is 1. The van der Waals surface area contributed by atoms with Gasteiger partial charge in [0.25, 0.3) is 0 Å². The van der Waals surface area contributed by atoms with Crippen molar-refractivity contribution in [3.8, 4) is 0 Å². The van der Waals surface area contributed by atoms with Crippen LogP contribution < -0.4 is 16.0 Å². The maximum Gasteiger partial charge on any atom is 0.190 e. The van der Waals surface area contributed by atoms with E-state index in [0.717, 1.165) is 32.0 Å². The standard InChI is InChI=1S/C16H28N4S/c1-17-16(19-11-6-7-14-21-2)20-13-8-12-18-15-9-4-3-5-10-15/h3-5,9-10,18H,6-8,11-14H2,1-2H3,(H2,17,19,20). The van der Waals surface area contributed by atoms with Crippen LogP contribution in [0.1, 0.15) is 19.3 Å². The molecule has 0 bridgehead atoms. The van der Waals surface area contributed by atoms with Gasteiger partial charge in [0.15, 0.2) is 5.96 Å². The molecule has 0 heterocycles. The van der Waals surface area contributed by atoms with Gasteiger partial charge < -0.3 is 16.0 Å². The number of nitrogens with zero attached hydrogens (tertiary/aromatic N) is 1. The molecule has 0 amide bonds. The van der Waals surface area contributed by atoms with Crippen molar-refractivity contribution in [3.05, 3.63) is 30.3 Å². The van der Waals surface area contributed by atoms with Gasteiger partial charge in [-0.05, 0) is 43.4 Å². The zero-order chi connectivity index (χ0) is 15.2. The van der Waals surface area contributed by atoms with Crippen molar-refractivity contribution in [2.75, 3.05) is 44.0 Å². The van der Waals surface area contributed by atoms with E-state index in [0.29, 0.717) is 0 Å². The molecule has 3 N–H and O–H groups in total. The van der Waals surface area contributed by atoms with Gasteiger partial charge >= 0.3 is 0 Å². The van der Waals surface area contributed by atoms with Crippen LogP contribution in [0.5, 0.6) is 0 Å².